The number of alkyl halides is 3. The van der Waals surface area contributed by atoms with E-state index in [1.165, 1.54) is 11.8 Å². The molecule has 0 unspecified atom stereocenters. The predicted molar refractivity (Wildman–Crippen MR) is 96.0 cm³/mol. The molecule has 27 heavy (non-hydrogen) atoms. The normalized spacial score (nSPS) is 11.8. The molecule has 0 saturated heterocycles. The molecule has 0 aliphatic heterocycles. The van der Waals surface area contributed by atoms with Crippen molar-refractivity contribution in [2.24, 2.45) is 0 Å². The molecular formula is C19H12F3N3OS. The molecule has 4 nitrogen and oxygen atoms in total. The SMILES string of the molecule is FC(F)(F)c1nc(SCc2cc(-c3ccccc3)on2)c2ccccc2n1. The standard InChI is InChI=1S/C19H12F3N3OS/c20-19(21,22)18-23-15-9-5-4-8-14(15)17(24-18)27-11-13-10-16(26-25-13)12-6-2-1-3-7-12/h1-10H,11H2. The molecule has 4 aromatic rings. The smallest absolute Gasteiger partial charge is 0.356 e. The van der Waals surface area contributed by atoms with Crippen LogP contribution in [-0.4, -0.2) is 15.1 Å². The maximum atomic E-state index is 13.1. The third-order valence-electron chi connectivity index (χ3n) is 3.80. The minimum atomic E-state index is -4.60. The number of halogens is 3. The lowest BCUT2D eigenvalue weighted by Crippen LogP contribution is -2.11. The van der Waals surface area contributed by atoms with Crippen LogP contribution < -0.4 is 0 Å². The monoisotopic (exact) mass is 387 g/mol. The van der Waals surface area contributed by atoms with Crippen LogP contribution in [-0.2, 0) is 11.9 Å². The first-order valence-corrected chi connectivity index (χ1v) is 8.97. The molecule has 2 aromatic carbocycles. The average Bonchev–Trinajstić information content (AvgIpc) is 3.15. The Morgan fingerprint density at radius 2 is 1.67 bits per heavy atom. The summed E-state index contributed by atoms with van der Waals surface area (Å²) in [4.78, 5) is 7.34. The highest BCUT2D eigenvalue weighted by molar-refractivity contribution is 7.98. The molecule has 4 rings (SSSR count). The maximum Gasteiger partial charge on any atom is 0.451 e. The van der Waals surface area contributed by atoms with Crippen molar-refractivity contribution in [2.45, 2.75) is 17.0 Å². The third kappa shape index (κ3) is 3.80. The number of para-hydroxylation sites is 1. The van der Waals surface area contributed by atoms with Gasteiger partial charge in [-0.2, -0.15) is 13.2 Å². The molecule has 0 aliphatic rings. The molecule has 0 atom stereocenters. The van der Waals surface area contributed by atoms with E-state index < -0.39 is 12.0 Å². The van der Waals surface area contributed by atoms with Crippen molar-refractivity contribution in [3.8, 4) is 11.3 Å². The second-order valence-electron chi connectivity index (χ2n) is 5.70. The van der Waals surface area contributed by atoms with Gasteiger partial charge in [-0.1, -0.05) is 65.4 Å². The predicted octanol–water partition coefficient (Wildman–Crippen LogP) is 5.60. The van der Waals surface area contributed by atoms with E-state index in [9.17, 15) is 13.2 Å². The van der Waals surface area contributed by atoms with Gasteiger partial charge in [0.2, 0.25) is 5.82 Å². The number of rotatable bonds is 4. The van der Waals surface area contributed by atoms with E-state index >= 15 is 0 Å². The highest BCUT2D eigenvalue weighted by Crippen LogP contribution is 2.33. The Kier molecular flexibility index (Phi) is 4.57. The van der Waals surface area contributed by atoms with Crippen LogP contribution >= 0.6 is 11.8 Å². The lowest BCUT2D eigenvalue weighted by Gasteiger charge is -2.09. The number of aromatic nitrogens is 3. The van der Waals surface area contributed by atoms with Gasteiger partial charge in [0.05, 0.1) is 11.2 Å². The Morgan fingerprint density at radius 1 is 0.926 bits per heavy atom. The van der Waals surface area contributed by atoms with Gasteiger partial charge in [0.1, 0.15) is 5.03 Å². The summed E-state index contributed by atoms with van der Waals surface area (Å²) in [5, 5.41) is 4.83. The number of nitrogens with zero attached hydrogens (tertiary/aromatic N) is 3. The summed E-state index contributed by atoms with van der Waals surface area (Å²) in [6.07, 6.45) is -4.60. The van der Waals surface area contributed by atoms with Gasteiger partial charge in [0.15, 0.2) is 5.76 Å². The number of hydrogen-bond donors (Lipinski definition) is 0. The number of thioether (sulfide) groups is 1. The fourth-order valence-electron chi connectivity index (χ4n) is 2.54. The van der Waals surface area contributed by atoms with Gasteiger partial charge in [0.25, 0.3) is 0 Å². The minimum absolute atomic E-state index is 0.257. The van der Waals surface area contributed by atoms with Crippen molar-refractivity contribution in [1.29, 1.82) is 0 Å². The lowest BCUT2D eigenvalue weighted by atomic mass is 10.2. The fourth-order valence-corrected chi connectivity index (χ4v) is 3.44. The van der Waals surface area contributed by atoms with E-state index in [0.29, 0.717) is 22.6 Å². The fraction of sp³-hybridized carbons (Fsp3) is 0.105. The van der Waals surface area contributed by atoms with E-state index in [1.54, 1.807) is 30.3 Å². The zero-order valence-corrected chi connectivity index (χ0v) is 14.6. The zero-order chi connectivity index (χ0) is 18.9. The molecule has 8 heteroatoms. The zero-order valence-electron chi connectivity index (χ0n) is 13.8. The van der Waals surface area contributed by atoms with E-state index in [-0.39, 0.29) is 10.5 Å². The molecule has 0 bridgehead atoms. The van der Waals surface area contributed by atoms with Crippen molar-refractivity contribution < 1.29 is 17.7 Å². The molecule has 0 saturated carbocycles. The maximum absolute atomic E-state index is 13.1. The Labute approximate surface area is 156 Å². The van der Waals surface area contributed by atoms with Gasteiger partial charge >= 0.3 is 6.18 Å². The van der Waals surface area contributed by atoms with Crippen LogP contribution in [0.5, 0.6) is 0 Å². The molecule has 0 amide bonds. The third-order valence-corrected chi connectivity index (χ3v) is 4.82. The van der Waals surface area contributed by atoms with Crippen molar-refractivity contribution in [3.05, 3.63) is 72.2 Å². The molecule has 0 spiro atoms. The summed E-state index contributed by atoms with van der Waals surface area (Å²) in [5.41, 5.74) is 1.76. The largest absolute Gasteiger partial charge is 0.451 e. The first kappa shape index (κ1) is 17.5. The van der Waals surface area contributed by atoms with Gasteiger partial charge in [-0.05, 0) is 6.07 Å². The summed E-state index contributed by atoms with van der Waals surface area (Å²) < 4.78 is 44.6. The van der Waals surface area contributed by atoms with Crippen LogP contribution in [0.2, 0.25) is 0 Å². The van der Waals surface area contributed by atoms with E-state index in [1.807, 2.05) is 30.3 Å². The summed E-state index contributed by atoms with van der Waals surface area (Å²) >= 11 is 1.17. The molecule has 2 aromatic heterocycles. The van der Waals surface area contributed by atoms with Crippen LogP contribution in [0.1, 0.15) is 11.5 Å². The lowest BCUT2D eigenvalue weighted by molar-refractivity contribution is -0.145. The van der Waals surface area contributed by atoms with Gasteiger partial charge < -0.3 is 4.52 Å². The van der Waals surface area contributed by atoms with E-state index in [4.69, 9.17) is 4.52 Å². The van der Waals surface area contributed by atoms with Crippen molar-refractivity contribution in [2.75, 3.05) is 0 Å². The quantitative estimate of drug-likeness (QED) is 0.337. The summed E-state index contributed by atoms with van der Waals surface area (Å²) in [6.45, 7) is 0. The topological polar surface area (TPSA) is 51.8 Å². The molecule has 0 fully saturated rings. The van der Waals surface area contributed by atoms with Crippen molar-refractivity contribution >= 4 is 22.7 Å². The van der Waals surface area contributed by atoms with Gasteiger partial charge in [0, 0.05) is 22.8 Å². The van der Waals surface area contributed by atoms with E-state index in [0.717, 1.165) is 5.56 Å². The Bertz CT molecular complexity index is 1080. The van der Waals surface area contributed by atoms with Gasteiger partial charge in [-0.25, -0.2) is 9.97 Å². The van der Waals surface area contributed by atoms with Gasteiger partial charge in [-0.3, -0.25) is 0 Å². The molecule has 2 heterocycles. The Balaban J connectivity index is 1.61. The van der Waals surface area contributed by atoms with Crippen LogP contribution in [0.4, 0.5) is 13.2 Å². The highest BCUT2D eigenvalue weighted by Gasteiger charge is 2.35. The Hall–Kier alpha value is -2.87. The first-order valence-electron chi connectivity index (χ1n) is 7.98. The van der Waals surface area contributed by atoms with Crippen LogP contribution in [0.15, 0.2) is 70.2 Å². The van der Waals surface area contributed by atoms with Crippen molar-refractivity contribution in [1.82, 2.24) is 15.1 Å². The van der Waals surface area contributed by atoms with Crippen LogP contribution in [0, 0.1) is 0 Å². The van der Waals surface area contributed by atoms with Crippen molar-refractivity contribution in [3.63, 3.8) is 0 Å². The summed E-state index contributed by atoms with van der Waals surface area (Å²) in [5.74, 6) is -0.210. The van der Waals surface area contributed by atoms with Crippen LogP contribution in [0.3, 0.4) is 0 Å². The molecule has 0 N–H and O–H groups in total. The summed E-state index contributed by atoms with van der Waals surface area (Å²) in [7, 11) is 0. The van der Waals surface area contributed by atoms with Crippen LogP contribution in [0.25, 0.3) is 22.2 Å². The Morgan fingerprint density at radius 3 is 2.44 bits per heavy atom. The molecule has 136 valence electrons. The first-order chi connectivity index (χ1) is 13.0. The van der Waals surface area contributed by atoms with Gasteiger partial charge in [-0.15, -0.1) is 0 Å². The second kappa shape index (κ2) is 7.03. The second-order valence-corrected chi connectivity index (χ2v) is 6.67. The molecule has 0 radical (unpaired) electrons. The van der Waals surface area contributed by atoms with E-state index in [2.05, 4.69) is 15.1 Å². The number of benzene rings is 2. The highest BCUT2D eigenvalue weighted by atomic mass is 32.2. The molecular weight excluding hydrogens is 375 g/mol. The number of fused-ring (bicyclic) bond motifs is 1. The minimum Gasteiger partial charge on any atom is -0.356 e. The number of hydrogen-bond acceptors (Lipinski definition) is 5. The molecule has 0 aliphatic carbocycles. The summed E-state index contributed by atoms with van der Waals surface area (Å²) in [6, 6.07) is 17.9. The average molecular weight is 387 g/mol.